The lowest BCUT2D eigenvalue weighted by atomic mass is 9.85. The number of fused-ring (bicyclic) bond motifs is 6. The zero-order valence-electron chi connectivity index (χ0n) is 18.5. The van der Waals surface area contributed by atoms with Crippen molar-refractivity contribution in [3.05, 3.63) is 23.8 Å². The number of rotatable bonds is 6. The van der Waals surface area contributed by atoms with Gasteiger partial charge < -0.3 is 15.2 Å². The Balaban J connectivity index is 0.00000245. The molecule has 3 heterocycles. The van der Waals surface area contributed by atoms with Crippen molar-refractivity contribution in [2.75, 3.05) is 26.7 Å². The normalized spacial score (nSPS) is 28.4. The van der Waals surface area contributed by atoms with Gasteiger partial charge >= 0.3 is 0 Å². The van der Waals surface area contributed by atoms with Gasteiger partial charge in [-0.3, -0.25) is 19.5 Å². The summed E-state index contributed by atoms with van der Waals surface area (Å²) in [6.45, 7) is 2.56. The fourth-order valence-corrected chi connectivity index (χ4v) is 5.71. The molecule has 32 heavy (non-hydrogen) atoms. The van der Waals surface area contributed by atoms with E-state index in [0.29, 0.717) is 25.6 Å². The first-order valence-electron chi connectivity index (χ1n) is 11.6. The zero-order chi connectivity index (χ0) is 21.4. The molecule has 1 aromatic heterocycles. The number of nitrogens with one attached hydrogen (secondary N) is 2. The molecule has 2 fully saturated rings. The first kappa shape index (κ1) is 23.2. The summed E-state index contributed by atoms with van der Waals surface area (Å²) in [5.74, 6) is 3.05. The molecule has 2 aliphatic heterocycles. The second-order valence-electron chi connectivity index (χ2n) is 9.00. The lowest BCUT2D eigenvalue weighted by Gasteiger charge is -2.18. The van der Waals surface area contributed by atoms with Crippen LogP contribution in [0, 0.1) is 23.7 Å². The molecule has 0 spiro atoms. The van der Waals surface area contributed by atoms with Gasteiger partial charge in [0.05, 0.1) is 11.8 Å². The van der Waals surface area contributed by atoms with Gasteiger partial charge in [-0.1, -0.05) is 18.6 Å². The summed E-state index contributed by atoms with van der Waals surface area (Å²) in [4.78, 5) is 31.2. The van der Waals surface area contributed by atoms with Crippen molar-refractivity contribution >= 4 is 41.8 Å². The molecule has 1 saturated heterocycles. The molecule has 4 unspecified atom stereocenters. The molecule has 5 rings (SSSR count). The van der Waals surface area contributed by atoms with Crippen LogP contribution in [0.3, 0.4) is 0 Å². The highest BCUT2D eigenvalue weighted by molar-refractivity contribution is 14.0. The first-order chi connectivity index (χ1) is 15.2. The Hall–Kier alpha value is -1.98. The van der Waals surface area contributed by atoms with Crippen LogP contribution in [0.1, 0.15) is 37.3 Å². The van der Waals surface area contributed by atoms with Crippen LogP contribution in [0.25, 0.3) is 0 Å². The summed E-state index contributed by atoms with van der Waals surface area (Å²) < 4.78 is 2.26. The van der Waals surface area contributed by atoms with E-state index in [4.69, 9.17) is 0 Å². The quantitative estimate of drug-likeness (QED) is 0.180. The molecule has 2 N–H and O–H groups in total. The molecule has 4 aliphatic rings. The fraction of sp³-hybridized carbons (Fsp3) is 0.682. The predicted octanol–water partition coefficient (Wildman–Crippen LogP) is 1.14. The van der Waals surface area contributed by atoms with Gasteiger partial charge in [-0.2, -0.15) is 0 Å². The van der Waals surface area contributed by atoms with Crippen molar-refractivity contribution in [3.63, 3.8) is 0 Å². The standard InChI is InChI=1S/C22H31N7O2.HI/c1-23-22(24-9-8-17-27-26-16-5-3-2-4-11-28(16)17)25-10-12-29-20(30)18-14-6-7-15(13-14)19(18)21(29)31;/h6-7,14-15,18-19H,2-5,8-13H2,1H3,(H2,23,24,25);1H. The molecule has 1 saturated carbocycles. The van der Waals surface area contributed by atoms with Crippen molar-refractivity contribution < 1.29 is 9.59 Å². The van der Waals surface area contributed by atoms with E-state index in [1.165, 1.54) is 24.2 Å². The molecule has 2 aliphatic carbocycles. The topological polar surface area (TPSA) is 105 Å². The van der Waals surface area contributed by atoms with Crippen LogP contribution in [0.5, 0.6) is 0 Å². The number of aliphatic imine (C=N–C) groups is 1. The number of hydrogen-bond donors (Lipinski definition) is 2. The largest absolute Gasteiger partial charge is 0.356 e. The number of halogens is 1. The van der Waals surface area contributed by atoms with Gasteiger partial charge in [0.1, 0.15) is 11.6 Å². The van der Waals surface area contributed by atoms with Crippen LogP contribution < -0.4 is 10.6 Å². The van der Waals surface area contributed by atoms with Crippen molar-refractivity contribution in [2.45, 2.75) is 45.1 Å². The van der Waals surface area contributed by atoms with Crippen molar-refractivity contribution in [2.24, 2.45) is 28.7 Å². The molecular formula is C22H32IN7O2. The number of guanidine groups is 1. The average molecular weight is 553 g/mol. The van der Waals surface area contributed by atoms with Crippen molar-refractivity contribution in [3.8, 4) is 0 Å². The second kappa shape index (κ2) is 9.88. The van der Waals surface area contributed by atoms with E-state index >= 15 is 0 Å². The van der Waals surface area contributed by atoms with Crippen LogP contribution >= 0.6 is 24.0 Å². The van der Waals surface area contributed by atoms with Gasteiger partial charge in [-0.15, -0.1) is 34.2 Å². The Morgan fingerprint density at radius 2 is 1.78 bits per heavy atom. The molecule has 0 aromatic carbocycles. The van der Waals surface area contributed by atoms with E-state index in [1.54, 1.807) is 7.05 Å². The second-order valence-corrected chi connectivity index (χ2v) is 9.00. The minimum atomic E-state index is -0.127. The average Bonchev–Trinajstić information content (AvgIpc) is 3.50. The monoisotopic (exact) mass is 553 g/mol. The molecule has 2 amide bonds. The van der Waals surface area contributed by atoms with E-state index in [1.807, 2.05) is 0 Å². The molecular weight excluding hydrogens is 521 g/mol. The summed E-state index contributed by atoms with van der Waals surface area (Å²) in [6, 6.07) is 0. The number of aromatic nitrogens is 3. The SMILES string of the molecule is CN=C(NCCc1nnc2n1CCCCC2)NCCN1C(=O)C2C3C=CC(C3)C2C1=O.I. The van der Waals surface area contributed by atoms with Crippen LogP contribution in [0.4, 0.5) is 0 Å². The maximum absolute atomic E-state index is 12.8. The van der Waals surface area contributed by atoms with Gasteiger partial charge in [0.25, 0.3) is 0 Å². The van der Waals surface area contributed by atoms with Crippen molar-refractivity contribution in [1.82, 2.24) is 30.3 Å². The van der Waals surface area contributed by atoms with Gasteiger partial charge in [-0.25, -0.2) is 0 Å². The Bertz CT molecular complexity index is 897. The number of amides is 2. The number of likely N-dealkylation sites (tertiary alicyclic amines) is 1. The van der Waals surface area contributed by atoms with Gasteiger partial charge in [0, 0.05) is 46.1 Å². The zero-order valence-corrected chi connectivity index (χ0v) is 20.8. The summed E-state index contributed by atoms with van der Waals surface area (Å²) in [7, 11) is 1.72. The summed E-state index contributed by atoms with van der Waals surface area (Å²) in [6.07, 6.45) is 10.6. The molecule has 9 nitrogen and oxygen atoms in total. The van der Waals surface area contributed by atoms with Crippen LogP contribution in [-0.2, 0) is 29.0 Å². The van der Waals surface area contributed by atoms with Crippen molar-refractivity contribution in [1.29, 1.82) is 0 Å². The van der Waals surface area contributed by atoms with Gasteiger partial charge in [0.15, 0.2) is 5.96 Å². The van der Waals surface area contributed by atoms with E-state index in [2.05, 4.69) is 42.5 Å². The Labute approximate surface area is 205 Å². The third-order valence-electron chi connectivity index (χ3n) is 7.24. The number of imide groups is 1. The van der Waals surface area contributed by atoms with Gasteiger partial charge in [-0.05, 0) is 31.1 Å². The molecule has 1 aromatic rings. The summed E-state index contributed by atoms with van der Waals surface area (Å²) in [5, 5.41) is 15.2. The lowest BCUT2D eigenvalue weighted by molar-refractivity contribution is -0.140. The van der Waals surface area contributed by atoms with Crippen LogP contribution in [0.2, 0.25) is 0 Å². The minimum absolute atomic E-state index is 0. The number of allylic oxidation sites excluding steroid dienone is 2. The summed E-state index contributed by atoms with van der Waals surface area (Å²) >= 11 is 0. The number of aryl methyl sites for hydroxylation is 1. The maximum atomic E-state index is 12.8. The fourth-order valence-electron chi connectivity index (χ4n) is 5.71. The number of nitrogens with zero attached hydrogens (tertiary/aromatic N) is 5. The van der Waals surface area contributed by atoms with E-state index < -0.39 is 0 Å². The third kappa shape index (κ3) is 4.17. The van der Waals surface area contributed by atoms with Gasteiger partial charge in [0.2, 0.25) is 11.8 Å². The van der Waals surface area contributed by atoms with Crippen LogP contribution in [-0.4, -0.2) is 64.1 Å². The van der Waals surface area contributed by atoms with E-state index in [-0.39, 0.29) is 59.5 Å². The van der Waals surface area contributed by atoms with E-state index in [0.717, 1.165) is 37.5 Å². The molecule has 0 radical (unpaired) electrons. The third-order valence-corrected chi connectivity index (χ3v) is 7.24. The number of hydrogen-bond acceptors (Lipinski definition) is 5. The number of carbonyl (C=O) groups is 2. The number of carbonyl (C=O) groups excluding carboxylic acids is 2. The highest BCUT2D eigenvalue weighted by atomic mass is 127. The summed E-state index contributed by atoms with van der Waals surface area (Å²) in [5.41, 5.74) is 0. The first-order valence-corrected chi connectivity index (χ1v) is 11.6. The lowest BCUT2D eigenvalue weighted by Crippen LogP contribution is -2.44. The minimum Gasteiger partial charge on any atom is -0.356 e. The predicted molar refractivity (Wildman–Crippen MR) is 130 cm³/mol. The highest BCUT2D eigenvalue weighted by Gasteiger charge is 2.58. The maximum Gasteiger partial charge on any atom is 0.233 e. The molecule has 4 atom stereocenters. The Morgan fingerprint density at radius 3 is 2.50 bits per heavy atom. The van der Waals surface area contributed by atoms with Crippen LogP contribution in [0.15, 0.2) is 17.1 Å². The smallest absolute Gasteiger partial charge is 0.233 e. The molecule has 10 heteroatoms. The highest BCUT2D eigenvalue weighted by Crippen LogP contribution is 2.52. The Kier molecular flexibility index (Phi) is 7.16. The Morgan fingerprint density at radius 1 is 1.06 bits per heavy atom. The van der Waals surface area contributed by atoms with E-state index in [9.17, 15) is 9.59 Å². The molecule has 174 valence electrons. The molecule has 2 bridgehead atoms.